The molecule has 0 N–H and O–H groups in total. The van der Waals surface area contributed by atoms with Crippen molar-refractivity contribution in [3.05, 3.63) is 24.3 Å². The van der Waals surface area contributed by atoms with Crippen molar-refractivity contribution >= 4 is 21.9 Å². The molecular formula is C8H4F6O3S2. The molecular weight excluding hydrogens is 322 g/mol. The van der Waals surface area contributed by atoms with E-state index in [0.717, 1.165) is 12.1 Å². The first kappa shape index (κ1) is 16.0. The Bertz CT molecular complexity index is 531. The summed E-state index contributed by atoms with van der Waals surface area (Å²) in [5, 5.41) is 0. The van der Waals surface area contributed by atoms with Crippen LogP contribution in [0.2, 0.25) is 0 Å². The van der Waals surface area contributed by atoms with E-state index in [1.165, 1.54) is 0 Å². The Morgan fingerprint density at radius 3 is 1.79 bits per heavy atom. The molecule has 0 saturated carbocycles. The lowest BCUT2D eigenvalue weighted by atomic mass is 10.3. The van der Waals surface area contributed by atoms with Gasteiger partial charge in [-0.15, -0.1) is 0 Å². The van der Waals surface area contributed by atoms with Crippen molar-refractivity contribution in [2.45, 2.75) is 15.9 Å². The molecule has 0 bridgehead atoms. The van der Waals surface area contributed by atoms with Crippen molar-refractivity contribution in [1.29, 1.82) is 0 Å². The third kappa shape index (κ3) is 4.82. The van der Waals surface area contributed by atoms with Gasteiger partial charge in [-0.05, 0) is 36.0 Å². The first-order valence-corrected chi connectivity index (χ1v) is 6.50. The lowest BCUT2D eigenvalue weighted by molar-refractivity contribution is -0.0500. The van der Waals surface area contributed by atoms with Gasteiger partial charge in [0.25, 0.3) is 0 Å². The number of hydrogen-bond donors (Lipinski definition) is 0. The molecule has 19 heavy (non-hydrogen) atoms. The summed E-state index contributed by atoms with van der Waals surface area (Å²) in [6.07, 6.45) is 0. The molecule has 0 radical (unpaired) electrons. The molecule has 3 nitrogen and oxygen atoms in total. The Labute approximate surface area is 107 Å². The van der Waals surface area contributed by atoms with E-state index in [1.54, 1.807) is 0 Å². The second-order valence-electron chi connectivity index (χ2n) is 3.00. The molecule has 0 aliphatic rings. The van der Waals surface area contributed by atoms with E-state index in [0.29, 0.717) is 12.1 Å². The van der Waals surface area contributed by atoms with Crippen molar-refractivity contribution in [3.8, 4) is 5.75 Å². The Morgan fingerprint density at radius 1 is 0.947 bits per heavy atom. The average molecular weight is 326 g/mol. The molecule has 0 saturated heterocycles. The molecule has 0 atom stereocenters. The normalized spacial score (nSPS) is 13.4. The highest BCUT2D eigenvalue weighted by molar-refractivity contribution is 8.00. The highest BCUT2D eigenvalue weighted by Crippen LogP contribution is 2.37. The fraction of sp³-hybridized carbons (Fsp3) is 0.250. The first-order chi connectivity index (χ1) is 8.41. The van der Waals surface area contributed by atoms with Crippen molar-refractivity contribution < 1.29 is 38.9 Å². The summed E-state index contributed by atoms with van der Waals surface area (Å²) in [6, 6.07) is 2.97. The van der Waals surface area contributed by atoms with E-state index >= 15 is 0 Å². The van der Waals surface area contributed by atoms with Crippen LogP contribution in [-0.2, 0) is 10.1 Å². The van der Waals surface area contributed by atoms with Crippen molar-refractivity contribution in [2.24, 2.45) is 0 Å². The third-order valence-electron chi connectivity index (χ3n) is 1.55. The molecule has 0 amide bonds. The molecule has 1 rings (SSSR count). The monoisotopic (exact) mass is 326 g/mol. The van der Waals surface area contributed by atoms with Gasteiger partial charge < -0.3 is 4.18 Å². The fourth-order valence-electron chi connectivity index (χ4n) is 0.871. The Kier molecular flexibility index (Phi) is 4.30. The number of thioether (sulfide) groups is 1. The van der Waals surface area contributed by atoms with Gasteiger partial charge in [-0.3, -0.25) is 0 Å². The second kappa shape index (κ2) is 5.12. The zero-order valence-corrected chi connectivity index (χ0v) is 10.3. The number of halogens is 6. The van der Waals surface area contributed by atoms with Crippen molar-refractivity contribution in [2.75, 3.05) is 0 Å². The highest BCUT2D eigenvalue weighted by Gasteiger charge is 2.48. The summed E-state index contributed by atoms with van der Waals surface area (Å²) in [4.78, 5) is -0.316. The zero-order valence-electron chi connectivity index (χ0n) is 8.62. The second-order valence-corrected chi connectivity index (χ2v) is 5.68. The summed E-state index contributed by atoms with van der Waals surface area (Å²) < 4.78 is 96.6. The fourth-order valence-corrected chi connectivity index (χ4v) is 1.87. The van der Waals surface area contributed by atoms with Gasteiger partial charge in [-0.25, -0.2) is 0 Å². The van der Waals surface area contributed by atoms with Gasteiger partial charge in [0.2, 0.25) is 0 Å². The predicted octanol–water partition coefficient (Wildman–Crippen LogP) is 3.53. The summed E-state index contributed by atoms with van der Waals surface area (Å²) in [6.45, 7) is 0. The maximum atomic E-state index is 12.0. The molecule has 11 heteroatoms. The Morgan fingerprint density at radius 2 is 1.42 bits per heavy atom. The lowest BCUT2D eigenvalue weighted by Crippen LogP contribution is -2.28. The van der Waals surface area contributed by atoms with Crippen LogP contribution in [0.15, 0.2) is 29.2 Å². The highest BCUT2D eigenvalue weighted by atomic mass is 32.2. The van der Waals surface area contributed by atoms with Crippen molar-refractivity contribution in [3.63, 3.8) is 0 Å². The van der Waals surface area contributed by atoms with Gasteiger partial charge >= 0.3 is 21.1 Å². The molecule has 0 spiro atoms. The maximum absolute atomic E-state index is 12.0. The van der Waals surface area contributed by atoms with Crippen molar-refractivity contribution in [1.82, 2.24) is 0 Å². The molecule has 0 fully saturated rings. The summed E-state index contributed by atoms with van der Waals surface area (Å²) >= 11 is -0.494. The molecule has 108 valence electrons. The standard InChI is InChI=1S/C8H4F6O3S2/c9-7(10,11)18-6-3-1-5(2-4-6)17-19(15,16)8(12,13)14/h1-4H. The van der Waals surface area contributed by atoms with Crippen LogP contribution >= 0.6 is 11.8 Å². The van der Waals surface area contributed by atoms with E-state index in [2.05, 4.69) is 4.18 Å². The zero-order chi connectivity index (χ0) is 14.9. The van der Waals surface area contributed by atoms with Gasteiger partial charge in [0, 0.05) is 4.90 Å². The van der Waals surface area contributed by atoms with Crippen LogP contribution in [0, 0.1) is 0 Å². The van der Waals surface area contributed by atoms with Crippen LogP contribution in [-0.4, -0.2) is 19.4 Å². The van der Waals surface area contributed by atoms with Gasteiger partial charge in [0.1, 0.15) is 5.75 Å². The molecule has 0 aliphatic carbocycles. The summed E-state index contributed by atoms with van der Waals surface area (Å²) in [5.41, 5.74) is -10.2. The van der Waals surface area contributed by atoms with E-state index in [4.69, 9.17) is 0 Å². The van der Waals surface area contributed by atoms with Crippen LogP contribution in [0.1, 0.15) is 0 Å². The Hall–Kier alpha value is -1.10. The summed E-state index contributed by atoms with van der Waals surface area (Å²) in [7, 11) is -5.83. The van der Waals surface area contributed by atoms with E-state index < -0.39 is 38.6 Å². The number of benzene rings is 1. The van der Waals surface area contributed by atoms with E-state index in [9.17, 15) is 34.8 Å². The first-order valence-electron chi connectivity index (χ1n) is 4.27. The molecule has 0 unspecified atom stereocenters. The van der Waals surface area contributed by atoms with Gasteiger partial charge in [0.15, 0.2) is 0 Å². The van der Waals surface area contributed by atoms with Crippen LogP contribution in [0.25, 0.3) is 0 Å². The van der Waals surface area contributed by atoms with Crippen LogP contribution in [0.4, 0.5) is 26.3 Å². The molecule has 0 aliphatic heterocycles. The topological polar surface area (TPSA) is 43.4 Å². The number of alkyl halides is 6. The molecule has 1 aromatic rings. The number of rotatable bonds is 3. The lowest BCUT2D eigenvalue weighted by Gasteiger charge is -2.10. The van der Waals surface area contributed by atoms with E-state index in [1.807, 2.05) is 0 Å². The van der Waals surface area contributed by atoms with Gasteiger partial charge in [-0.2, -0.15) is 34.8 Å². The Balaban J connectivity index is 2.84. The number of hydrogen-bond acceptors (Lipinski definition) is 4. The van der Waals surface area contributed by atoms with Crippen LogP contribution in [0.5, 0.6) is 5.75 Å². The molecule has 0 heterocycles. The van der Waals surface area contributed by atoms with Gasteiger partial charge in [0.05, 0.1) is 0 Å². The van der Waals surface area contributed by atoms with E-state index in [-0.39, 0.29) is 4.90 Å². The van der Waals surface area contributed by atoms with Crippen LogP contribution < -0.4 is 4.18 Å². The predicted molar refractivity (Wildman–Crippen MR) is 54.0 cm³/mol. The maximum Gasteiger partial charge on any atom is 0.534 e. The minimum Gasteiger partial charge on any atom is -0.376 e. The van der Waals surface area contributed by atoms with Crippen LogP contribution in [0.3, 0.4) is 0 Å². The average Bonchev–Trinajstić information content (AvgIpc) is 2.16. The minimum absolute atomic E-state index is 0.316. The smallest absolute Gasteiger partial charge is 0.376 e. The molecule has 1 aromatic carbocycles. The van der Waals surface area contributed by atoms with Gasteiger partial charge in [-0.1, -0.05) is 0 Å². The largest absolute Gasteiger partial charge is 0.534 e. The SMILES string of the molecule is O=S(=O)(Oc1ccc(SC(F)(F)F)cc1)C(F)(F)F. The minimum atomic E-state index is -5.83. The quantitative estimate of drug-likeness (QED) is 0.369. The third-order valence-corrected chi connectivity index (χ3v) is 3.26. The molecule has 0 aromatic heterocycles. The summed E-state index contributed by atoms with van der Waals surface area (Å²) in [5.74, 6) is -0.733.